The molecule has 1 amide bonds. The minimum atomic E-state index is -0.917. The van der Waals surface area contributed by atoms with Crippen LogP contribution < -0.4 is 15.2 Å². The fourth-order valence-corrected chi connectivity index (χ4v) is 3.70. The van der Waals surface area contributed by atoms with E-state index >= 15 is 0 Å². The van der Waals surface area contributed by atoms with Gasteiger partial charge in [0.2, 0.25) is 12.7 Å². The summed E-state index contributed by atoms with van der Waals surface area (Å²) in [6.07, 6.45) is 0.921. The van der Waals surface area contributed by atoms with Crippen molar-refractivity contribution in [2.75, 3.05) is 12.5 Å². The van der Waals surface area contributed by atoms with Crippen LogP contribution in [0.3, 0.4) is 0 Å². The van der Waals surface area contributed by atoms with Crippen molar-refractivity contribution >= 4 is 23.3 Å². The molecule has 2 heterocycles. The van der Waals surface area contributed by atoms with Crippen molar-refractivity contribution in [2.24, 2.45) is 5.10 Å². The minimum absolute atomic E-state index is 0.0515. The number of amides is 1. The Hall–Kier alpha value is -3.55. The third-order valence-electron chi connectivity index (χ3n) is 5.22. The lowest BCUT2D eigenvalue weighted by molar-refractivity contribution is -0.137. The van der Waals surface area contributed by atoms with Crippen molar-refractivity contribution in [1.82, 2.24) is 5.01 Å². The summed E-state index contributed by atoms with van der Waals surface area (Å²) in [5.41, 5.74) is 9.81. The summed E-state index contributed by atoms with van der Waals surface area (Å²) in [4.78, 5) is 23.7. The molecule has 0 fully saturated rings. The number of hydrogen-bond donors (Lipinski definition) is 2. The number of carbonyl (C=O) groups is 2. The first-order valence-corrected chi connectivity index (χ1v) is 9.83. The lowest BCUT2D eigenvalue weighted by atomic mass is 9.94. The molecule has 0 radical (unpaired) electrons. The van der Waals surface area contributed by atoms with Crippen molar-refractivity contribution in [2.45, 2.75) is 38.6 Å². The van der Waals surface area contributed by atoms with Crippen LogP contribution in [-0.4, -0.2) is 40.5 Å². The Morgan fingerprint density at radius 2 is 1.87 bits per heavy atom. The molecule has 0 saturated heterocycles. The van der Waals surface area contributed by atoms with E-state index in [4.69, 9.17) is 25.4 Å². The van der Waals surface area contributed by atoms with Crippen LogP contribution in [0, 0.1) is 0 Å². The second-order valence-corrected chi connectivity index (χ2v) is 7.47. The molecular weight excluding hydrogens is 386 g/mol. The van der Waals surface area contributed by atoms with Crippen LogP contribution in [0.5, 0.6) is 11.5 Å². The van der Waals surface area contributed by atoms with Crippen LogP contribution >= 0.6 is 0 Å². The summed E-state index contributed by atoms with van der Waals surface area (Å²) in [5.74, 6) is 0.203. The highest BCUT2D eigenvalue weighted by molar-refractivity contribution is 6.14. The average molecular weight is 409 g/mol. The quantitative estimate of drug-likeness (QED) is 0.734. The normalized spacial score (nSPS) is 17.2. The van der Waals surface area contributed by atoms with Crippen molar-refractivity contribution < 1.29 is 24.2 Å². The molecule has 2 aliphatic rings. The summed E-state index contributed by atoms with van der Waals surface area (Å²) >= 11 is 0. The predicted molar refractivity (Wildman–Crippen MR) is 111 cm³/mol. The van der Waals surface area contributed by atoms with Gasteiger partial charge in [-0.1, -0.05) is 12.1 Å². The van der Waals surface area contributed by atoms with Gasteiger partial charge in [-0.15, -0.1) is 0 Å². The van der Waals surface area contributed by atoms with E-state index in [2.05, 4.69) is 0 Å². The number of carboxylic acids is 1. The summed E-state index contributed by atoms with van der Waals surface area (Å²) in [6.45, 7) is 2.11. The van der Waals surface area contributed by atoms with Crippen LogP contribution in [0.15, 0.2) is 41.5 Å². The summed E-state index contributed by atoms with van der Waals surface area (Å²) in [6, 6.07) is 11.0. The second-order valence-electron chi connectivity index (χ2n) is 7.47. The summed E-state index contributed by atoms with van der Waals surface area (Å²) in [5, 5.41) is 15.1. The van der Waals surface area contributed by atoms with Crippen molar-refractivity contribution in [3.05, 3.63) is 53.1 Å². The first kappa shape index (κ1) is 19.8. The molecule has 0 saturated carbocycles. The molecule has 4 rings (SSSR count). The number of hydrogen-bond acceptors (Lipinski definition) is 6. The largest absolute Gasteiger partial charge is 0.481 e. The average Bonchev–Trinajstić information content (AvgIpc) is 3.10. The van der Waals surface area contributed by atoms with Crippen LogP contribution in [0.25, 0.3) is 0 Å². The van der Waals surface area contributed by atoms with Gasteiger partial charge in [0.05, 0.1) is 11.8 Å². The summed E-state index contributed by atoms with van der Waals surface area (Å²) in [7, 11) is 0. The number of nitrogens with two attached hydrogens (primary N) is 1. The Morgan fingerprint density at radius 3 is 2.57 bits per heavy atom. The first-order chi connectivity index (χ1) is 14.4. The van der Waals surface area contributed by atoms with Crippen molar-refractivity contribution in [3.8, 4) is 11.5 Å². The van der Waals surface area contributed by atoms with E-state index in [-0.39, 0.29) is 38.0 Å². The molecule has 8 heteroatoms. The molecule has 0 aliphatic carbocycles. The molecule has 2 aromatic rings. The Bertz CT molecular complexity index is 1020. The number of nitrogen functional groups attached to an aromatic ring is 1. The molecule has 0 aromatic heterocycles. The van der Waals surface area contributed by atoms with Gasteiger partial charge in [0, 0.05) is 29.7 Å². The third-order valence-corrected chi connectivity index (χ3v) is 5.22. The van der Waals surface area contributed by atoms with E-state index in [0.717, 1.165) is 16.7 Å². The Morgan fingerprint density at radius 1 is 1.17 bits per heavy atom. The molecule has 0 bridgehead atoms. The van der Waals surface area contributed by atoms with Gasteiger partial charge in [-0.2, -0.15) is 5.10 Å². The van der Waals surface area contributed by atoms with Gasteiger partial charge in [0.1, 0.15) is 0 Å². The molecule has 3 N–H and O–H groups in total. The number of anilines is 1. The first-order valence-electron chi connectivity index (χ1n) is 9.83. The second kappa shape index (κ2) is 8.06. The summed E-state index contributed by atoms with van der Waals surface area (Å²) < 4.78 is 11.1. The maximum atomic E-state index is 12.9. The van der Waals surface area contributed by atoms with Crippen LogP contribution in [0.2, 0.25) is 0 Å². The van der Waals surface area contributed by atoms with Crippen LogP contribution in [-0.2, 0) is 16.0 Å². The lowest BCUT2D eigenvalue weighted by Gasteiger charge is -2.23. The topological polar surface area (TPSA) is 114 Å². The van der Waals surface area contributed by atoms with E-state index in [0.29, 0.717) is 29.3 Å². The molecule has 2 aromatic carbocycles. The minimum Gasteiger partial charge on any atom is -0.481 e. The van der Waals surface area contributed by atoms with Gasteiger partial charge in [-0.05, 0) is 49.6 Å². The van der Waals surface area contributed by atoms with Gasteiger partial charge in [-0.3, -0.25) is 9.59 Å². The number of nitrogens with zero attached hydrogens (tertiary/aromatic N) is 2. The number of benzene rings is 2. The number of fused-ring (bicyclic) bond motifs is 2. The monoisotopic (exact) mass is 409 g/mol. The standard InChI is InChI=1S/C22H23N3O5/c1-13-9-15-10-18-19(30-12-29-18)11-17(15)22(14-5-7-16(23)8-6-14)24-25(13)20(26)3-2-4-21(27)28/h5-8,10-11,13H,2-4,9,12,23H2,1H3,(H,27,28). The highest BCUT2D eigenvalue weighted by Gasteiger charge is 2.29. The Labute approximate surface area is 173 Å². The number of rotatable bonds is 5. The molecule has 156 valence electrons. The molecule has 0 spiro atoms. The van der Waals surface area contributed by atoms with Gasteiger partial charge in [-0.25, -0.2) is 5.01 Å². The third kappa shape index (κ3) is 3.94. The van der Waals surface area contributed by atoms with Gasteiger partial charge in [0.25, 0.3) is 0 Å². The molecule has 30 heavy (non-hydrogen) atoms. The Kier molecular flexibility index (Phi) is 5.31. The van der Waals surface area contributed by atoms with E-state index in [1.54, 1.807) is 12.1 Å². The SMILES string of the molecule is CC1Cc2cc3c(cc2C(c2ccc(N)cc2)=NN1C(=O)CCCC(=O)O)OCO3. The lowest BCUT2D eigenvalue weighted by Crippen LogP contribution is -2.35. The maximum absolute atomic E-state index is 12.9. The Balaban J connectivity index is 1.75. The highest BCUT2D eigenvalue weighted by Crippen LogP contribution is 2.37. The predicted octanol–water partition coefficient (Wildman–Crippen LogP) is 2.78. The zero-order valence-electron chi connectivity index (χ0n) is 16.6. The van der Waals surface area contributed by atoms with Gasteiger partial charge >= 0.3 is 5.97 Å². The van der Waals surface area contributed by atoms with E-state index in [1.165, 1.54) is 5.01 Å². The highest BCUT2D eigenvalue weighted by atomic mass is 16.7. The van der Waals surface area contributed by atoms with Gasteiger partial charge < -0.3 is 20.3 Å². The number of aliphatic carboxylic acids is 1. The number of hydrazone groups is 1. The number of ether oxygens (including phenoxy) is 2. The number of carbonyl (C=O) groups excluding carboxylic acids is 1. The molecule has 2 aliphatic heterocycles. The van der Waals surface area contributed by atoms with Crippen molar-refractivity contribution in [1.29, 1.82) is 0 Å². The zero-order chi connectivity index (χ0) is 21.3. The van der Waals surface area contributed by atoms with E-state index in [9.17, 15) is 9.59 Å². The van der Waals surface area contributed by atoms with Crippen molar-refractivity contribution in [3.63, 3.8) is 0 Å². The van der Waals surface area contributed by atoms with E-state index < -0.39 is 5.97 Å². The fraction of sp³-hybridized carbons (Fsp3) is 0.318. The molecule has 1 atom stereocenters. The fourth-order valence-electron chi connectivity index (χ4n) is 3.70. The van der Waals surface area contributed by atoms with E-state index in [1.807, 2.05) is 31.2 Å². The van der Waals surface area contributed by atoms with Crippen LogP contribution in [0.1, 0.15) is 42.9 Å². The number of carboxylic acid groups (broad SMARTS) is 1. The maximum Gasteiger partial charge on any atom is 0.303 e. The molecule has 8 nitrogen and oxygen atoms in total. The van der Waals surface area contributed by atoms with Crippen LogP contribution in [0.4, 0.5) is 5.69 Å². The van der Waals surface area contributed by atoms with Gasteiger partial charge in [0.15, 0.2) is 11.5 Å². The zero-order valence-corrected chi connectivity index (χ0v) is 16.6. The smallest absolute Gasteiger partial charge is 0.303 e. The molecular formula is C22H23N3O5. The molecule has 1 unspecified atom stereocenters.